The lowest BCUT2D eigenvalue weighted by molar-refractivity contribution is 0.0929. The van der Waals surface area contributed by atoms with Gasteiger partial charge in [0.15, 0.2) is 0 Å². The van der Waals surface area contributed by atoms with Crippen molar-refractivity contribution in [3.63, 3.8) is 0 Å². The quantitative estimate of drug-likeness (QED) is 0.809. The molecule has 2 saturated heterocycles. The summed E-state index contributed by atoms with van der Waals surface area (Å²) in [6, 6.07) is 0.461. The van der Waals surface area contributed by atoms with Gasteiger partial charge in [-0.2, -0.15) is 0 Å². The second-order valence-electron chi connectivity index (χ2n) is 6.02. The molecule has 3 rings (SSSR count). The molecule has 2 aliphatic rings. The van der Waals surface area contributed by atoms with Gasteiger partial charge < -0.3 is 9.64 Å². The zero-order valence-corrected chi connectivity index (χ0v) is 12.7. The molecule has 0 amide bonds. The van der Waals surface area contributed by atoms with E-state index in [-0.39, 0.29) is 0 Å². The number of fused-ring (bicyclic) bond motifs is 3. The topological polar surface area (TPSA) is 41.5 Å². The fraction of sp³-hybridized carbons (Fsp3) is 0.733. The molecule has 0 N–H and O–H groups in total. The van der Waals surface area contributed by atoms with Crippen LogP contribution in [-0.2, 0) is 11.2 Å². The third-order valence-corrected chi connectivity index (χ3v) is 4.39. The number of hydrogen-bond acceptors (Lipinski definition) is 5. The van der Waals surface area contributed by atoms with Crippen LogP contribution in [0.3, 0.4) is 0 Å². The number of ether oxygens (including phenoxy) is 1. The molecule has 2 bridgehead atoms. The van der Waals surface area contributed by atoms with Gasteiger partial charge in [0.25, 0.3) is 0 Å². The van der Waals surface area contributed by atoms with Gasteiger partial charge in [-0.1, -0.05) is 6.92 Å². The second-order valence-corrected chi connectivity index (χ2v) is 6.02. The van der Waals surface area contributed by atoms with Gasteiger partial charge in [-0.05, 0) is 20.4 Å². The first-order valence-electron chi connectivity index (χ1n) is 7.52. The molecule has 110 valence electrons. The van der Waals surface area contributed by atoms with Crippen LogP contribution in [0.5, 0.6) is 0 Å². The minimum Gasteiger partial charge on any atom is -0.379 e. The van der Waals surface area contributed by atoms with Gasteiger partial charge in [0.2, 0.25) is 0 Å². The van der Waals surface area contributed by atoms with E-state index in [1.807, 2.05) is 13.1 Å². The molecule has 0 radical (unpaired) electrons. The number of aryl methyl sites for hydroxylation is 2. The van der Waals surface area contributed by atoms with Gasteiger partial charge in [0.05, 0.1) is 19.3 Å². The molecule has 0 unspecified atom stereocenters. The Morgan fingerprint density at radius 2 is 2.15 bits per heavy atom. The number of rotatable bonds is 2. The lowest BCUT2D eigenvalue weighted by atomic mass is 10.1. The average Bonchev–Trinajstić information content (AvgIpc) is 2.67. The van der Waals surface area contributed by atoms with Gasteiger partial charge in [0.1, 0.15) is 11.6 Å². The fourth-order valence-electron chi connectivity index (χ4n) is 3.23. The third-order valence-electron chi connectivity index (χ3n) is 4.39. The van der Waals surface area contributed by atoms with E-state index < -0.39 is 0 Å². The Morgan fingerprint density at radius 1 is 1.30 bits per heavy atom. The van der Waals surface area contributed by atoms with Crippen molar-refractivity contribution in [2.75, 3.05) is 44.8 Å². The molecule has 2 aliphatic heterocycles. The molecule has 0 aromatic carbocycles. The minimum atomic E-state index is 0.461. The first-order chi connectivity index (χ1) is 9.67. The predicted octanol–water partition coefficient (Wildman–Crippen LogP) is 1.11. The van der Waals surface area contributed by atoms with Crippen molar-refractivity contribution in [3.05, 3.63) is 17.6 Å². The van der Waals surface area contributed by atoms with Crippen molar-refractivity contribution in [1.82, 2.24) is 14.9 Å². The van der Waals surface area contributed by atoms with Crippen LogP contribution in [0.1, 0.15) is 18.3 Å². The molecule has 20 heavy (non-hydrogen) atoms. The van der Waals surface area contributed by atoms with Crippen LogP contribution >= 0.6 is 0 Å². The van der Waals surface area contributed by atoms with Crippen LogP contribution in [-0.4, -0.2) is 60.8 Å². The van der Waals surface area contributed by atoms with Gasteiger partial charge in [0, 0.05) is 37.3 Å². The first-order valence-corrected chi connectivity index (χ1v) is 7.52. The van der Waals surface area contributed by atoms with Gasteiger partial charge >= 0.3 is 0 Å². The summed E-state index contributed by atoms with van der Waals surface area (Å²) in [5, 5.41) is 0. The second kappa shape index (κ2) is 5.66. The molecule has 2 fully saturated rings. The van der Waals surface area contributed by atoms with Crippen molar-refractivity contribution >= 4 is 5.82 Å². The highest BCUT2D eigenvalue weighted by molar-refractivity contribution is 5.46. The number of likely N-dealkylation sites (N-methyl/N-ethyl adjacent to an activating group) is 1. The maximum Gasteiger partial charge on any atom is 0.135 e. The van der Waals surface area contributed by atoms with Crippen LogP contribution in [0.4, 0.5) is 5.82 Å². The lowest BCUT2D eigenvalue weighted by Gasteiger charge is -2.31. The molecule has 0 aliphatic carbocycles. The van der Waals surface area contributed by atoms with Crippen molar-refractivity contribution < 1.29 is 4.74 Å². The maximum absolute atomic E-state index is 5.80. The van der Waals surface area contributed by atoms with E-state index in [2.05, 4.69) is 28.8 Å². The van der Waals surface area contributed by atoms with Crippen LogP contribution < -0.4 is 4.90 Å². The highest BCUT2D eigenvalue weighted by Gasteiger charge is 2.32. The smallest absolute Gasteiger partial charge is 0.135 e. The largest absolute Gasteiger partial charge is 0.379 e. The maximum atomic E-state index is 5.80. The van der Waals surface area contributed by atoms with Crippen LogP contribution in [0.25, 0.3) is 0 Å². The van der Waals surface area contributed by atoms with Crippen molar-refractivity contribution in [2.24, 2.45) is 5.92 Å². The Hall–Kier alpha value is -1.20. The normalized spacial score (nSPS) is 27.4. The number of hydrogen-bond donors (Lipinski definition) is 0. The Bertz CT molecular complexity index is 479. The van der Waals surface area contributed by atoms with Gasteiger partial charge in [-0.3, -0.25) is 4.90 Å². The summed E-state index contributed by atoms with van der Waals surface area (Å²) >= 11 is 0. The molecular weight excluding hydrogens is 252 g/mol. The van der Waals surface area contributed by atoms with Crippen molar-refractivity contribution in [1.29, 1.82) is 0 Å². The summed E-state index contributed by atoms with van der Waals surface area (Å²) in [6.07, 6.45) is 2.96. The summed E-state index contributed by atoms with van der Waals surface area (Å²) in [7, 11) is 2.21. The number of anilines is 1. The highest BCUT2D eigenvalue weighted by atomic mass is 16.5. The Kier molecular flexibility index (Phi) is 3.89. The number of aromatic nitrogens is 2. The van der Waals surface area contributed by atoms with Gasteiger partial charge in [-0.15, -0.1) is 0 Å². The monoisotopic (exact) mass is 276 g/mol. The Morgan fingerprint density at radius 3 is 2.95 bits per heavy atom. The highest BCUT2D eigenvalue weighted by Crippen LogP contribution is 2.25. The molecule has 3 heterocycles. The van der Waals surface area contributed by atoms with Crippen molar-refractivity contribution in [3.8, 4) is 0 Å². The molecule has 0 saturated carbocycles. The van der Waals surface area contributed by atoms with Crippen LogP contribution in [0.2, 0.25) is 0 Å². The van der Waals surface area contributed by atoms with E-state index in [0.717, 1.165) is 50.9 Å². The fourth-order valence-corrected chi connectivity index (χ4v) is 3.23. The summed E-state index contributed by atoms with van der Waals surface area (Å²) < 4.78 is 5.80. The summed E-state index contributed by atoms with van der Waals surface area (Å²) in [4.78, 5) is 14.0. The van der Waals surface area contributed by atoms with Gasteiger partial charge in [-0.25, -0.2) is 9.97 Å². The zero-order chi connectivity index (χ0) is 14.1. The Labute approximate surface area is 121 Å². The zero-order valence-electron chi connectivity index (χ0n) is 12.7. The third kappa shape index (κ3) is 2.65. The molecule has 5 heteroatoms. The summed E-state index contributed by atoms with van der Waals surface area (Å²) in [5.41, 5.74) is 1.25. The molecule has 5 nitrogen and oxygen atoms in total. The average molecular weight is 276 g/mol. The Balaban J connectivity index is 1.92. The molecule has 1 aromatic heterocycles. The van der Waals surface area contributed by atoms with E-state index in [4.69, 9.17) is 9.72 Å². The summed E-state index contributed by atoms with van der Waals surface area (Å²) in [6.45, 7) is 8.98. The van der Waals surface area contributed by atoms with E-state index in [0.29, 0.717) is 12.0 Å². The molecule has 2 atom stereocenters. The first kappa shape index (κ1) is 13.8. The standard InChI is InChI=1S/C15H24N4O/c1-4-13-5-16-11(2)17-15(13)19-7-12-6-18(3)14(8-19)10-20-9-12/h5,12,14H,4,6-10H2,1-3H3/t12-,14+/m1/s1. The van der Waals surface area contributed by atoms with E-state index in [9.17, 15) is 0 Å². The molecular formula is C15H24N4O. The van der Waals surface area contributed by atoms with E-state index in [1.165, 1.54) is 5.56 Å². The summed E-state index contributed by atoms with van der Waals surface area (Å²) in [5.74, 6) is 2.55. The van der Waals surface area contributed by atoms with Crippen molar-refractivity contribution in [2.45, 2.75) is 26.3 Å². The van der Waals surface area contributed by atoms with E-state index in [1.54, 1.807) is 0 Å². The number of nitrogens with zero attached hydrogens (tertiary/aromatic N) is 4. The predicted molar refractivity (Wildman–Crippen MR) is 79.1 cm³/mol. The lowest BCUT2D eigenvalue weighted by Crippen LogP contribution is -2.43. The van der Waals surface area contributed by atoms with E-state index >= 15 is 0 Å². The SMILES string of the molecule is CCc1cnc(C)nc1N1C[C@@H]2COC[C@H](C1)N(C)C2. The molecule has 1 aromatic rings. The van der Waals surface area contributed by atoms with Crippen LogP contribution in [0.15, 0.2) is 6.20 Å². The van der Waals surface area contributed by atoms with Crippen LogP contribution in [0, 0.1) is 12.8 Å². The minimum absolute atomic E-state index is 0.461. The molecule has 0 spiro atoms.